The van der Waals surface area contributed by atoms with Crippen LogP contribution in [0.1, 0.15) is 24.5 Å². The quantitative estimate of drug-likeness (QED) is 0.904. The molecule has 1 heterocycles. The Morgan fingerprint density at radius 2 is 2.25 bits per heavy atom. The third kappa shape index (κ3) is 2.44. The molecule has 1 aliphatic heterocycles. The Labute approximate surface area is 102 Å². The molecule has 1 atom stereocenters. The van der Waals surface area contributed by atoms with E-state index < -0.39 is 6.10 Å². The van der Waals surface area contributed by atoms with Gasteiger partial charge in [-0.1, -0.05) is 6.07 Å². The van der Waals surface area contributed by atoms with Gasteiger partial charge in [-0.25, -0.2) is 4.39 Å². The maximum atomic E-state index is 13.3. The van der Waals surface area contributed by atoms with Gasteiger partial charge in [-0.15, -0.1) is 0 Å². The van der Waals surface area contributed by atoms with Crippen LogP contribution in [0, 0.1) is 5.82 Å². The first-order chi connectivity index (χ1) is 7.68. The van der Waals surface area contributed by atoms with E-state index >= 15 is 0 Å². The lowest BCUT2D eigenvalue weighted by Crippen LogP contribution is -2.08. The summed E-state index contributed by atoms with van der Waals surface area (Å²) in [7, 11) is 0. The van der Waals surface area contributed by atoms with E-state index in [1.165, 1.54) is 6.07 Å². The second-order valence-electron chi connectivity index (χ2n) is 3.74. The zero-order chi connectivity index (χ0) is 11.5. The molecule has 86 valence electrons. The Bertz CT molecular complexity index is 417. The topological polar surface area (TPSA) is 29.5 Å². The molecule has 0 fully saturated rings. The van der Waals surface area contributed by atoms with Gasteiger partial charge in [0.1, 0.15) is 11.9 Å². The van der Waals surface area contributed by atoms with Gasteiger partial charge in [0.05, 0.1) is 17.3 Å². The third-order valence-corrected chi connectivity index (χ3v) is 3.22. The van der Waals surface area contributed by atoms with Gasteiger partial charge in [0.25, 0.3) is 0 Å². The summed E-state index contributed by atoms with van der Waals surface area (Å²) in [4.78, 5) is 0. The summed E-state index contributed by atoms with van der Waals surface area (Å²) in [6.07, 6.45) is 2.48. The Balaban J connectivity index is 2.22. The fourth-order valence-corrected chi connectivity index (χ4v) is 1.93. The lowest BCUT2D eigenvalue weighted by Gasteiger charge is -2.19. The van der Waals surface area contributed by atoms with Crippen LogP contribution in [0.3, 0.4) is 0 Å². The molecular formula is C12H12BrFO2. The predicted octanol–water partition coefficient (Wildman–Crippen LogP) is 3.32. The van der Waals surface area contributed by atoms with Crippen molar-refractivity contribution in [2.24, 2.45) is 0 Å². The summed E-state index contributed by atoms with van der Waals surface area (Å²) in [5.74, 6) is -0.367. The Hall–Kier alpha value is -0.870. The average Bonchev–Trinajstić information content (AvgIpc) is 2.33. The van der Waals surface area contributed by atoms with Gasteiger partial charge in [-0.05, 0) is 52.0 Å². The van der Waals surface area contributed by atoms with Crippen LogP contribution in [0.5, 0.6) is 0 Å². The zero-order valence-corrected chi connectivity index (χ0v) is 10.2. The van der Waals surface area contributed by atoms with Crippen molar-refractivity contribution in [3.05, 3.63) is 45.9 Å². The number of ether oxygens (including phenoxy) is 1. The van der Waals surface area contributed by atoms with Crippen LogP contribution < -0.4 is 0 Å². The van der Waals surface area contributed by atoms with Crippen LogP contribution in [-0.4, -0.2) is 11.7 Å². The average molecular weight is 287 g/mol. The molecule has 0 saturated carbocycles. The van der Waals surface area contributed by atoms with E-state index in [0.29, 0.717) is 16.6 Å². The van der Waals surface area contributed by atoms with Crippen LogP contribution in [0.25, 0.3) is 0 Å². The second-order valence-corrected chi connectivity index (χ2v) is 4.60. The first-order valence-corrected chi connectivity index (χ1v) is 5.91. The zero-order valence-electron chi connectivity index (χ0n) is 8.62. The van der Waals surface area contributed by atoms with Crippen LogP contribution in [0.2, 0.25) is 0 Å². The van der Waals surface area contributed by atoms with Gasteiger partial charge in [-0.3, -0.25) is 0 Å². The molecule has 1 aliphatic rings. The highest BCUT2D eigenvalue weighted by Gasteiger charge is 2.17. The predicted molar refractivity (Wildman–Crippen MR) is 62.3 cm³/mol. The molecule has 1 aromatic rings. The molecular weight excluding hydrogens is 275 g/mol. The number of hydrogen-bond donors (Lipinski definition) is 1. The molecule has 16 heavy (non-hydrogen) atoms. The number of benzene rings is 1. The van der Waals surface area contributed by atoms with Crippen molar-refractivity contribution in [3.63, 3.8) is 0 Å². The number of aliphatic hydroxyl groups excluding tert-OH is 1. The van der Waals surface area contributed by atoms with E-state index in [4.69, 9.17) is 4.74 Å². The molecule has 1 aromatic carbocycles. The minimum absolute atomic E-state index is 0.367. The molecule has 4 heteroatoms. The molecule has 0 aliphatic carbocycles. The monoisotopic (exact) mass is 286 g/mol. The largest absolute Gasteiger partial charge is 0.501 e. The maximum Gasteiger partial charge on any atom is 0.137 e. The Morgan fingerprint density at radius 3 is 2.88 bits per heavy atom. The summed E-state index contributed by atoms with van der Waals surface area (Å²) in [5, 5.41) is 10.0. The molecule has 0 aromatic heterocycles. The summed E-state index contributed by atoms with van der Waals surface area (Å²) in [6, 6.07) is 4.63. The van der Waals surface area contributed by atoms with Gasteiger partial charge in [0.15, 0.2) is 0 Å². The van der Waals surface area contributed by atoms with Crippen LogP contribution in [0.4, 0.5) is 4.39 Å². The molecule has 0 amide bonds. The number of hydrogen-bond acceptors (Lipinski definition) is 2. The van der Waals surface area contributed by atoms with Crippen molar-refractivity contribution < 1.29 is 14.2 Å². The molecule has 1 N–H and O–H groups in total. The van der Waals surface area contributed by atoms with E-state index in [0.717, 1.165) is 18.4 Å². The van der Waals surface area contributed by atoms with Crippen molar-refractivity contribution in [3.8, 4) is 0 Å². The summed E-state index contributed by atoms with van der Waals surface area (Å²) < 4.78 is 18.9. The number of halogens is 2. The van der Waals surface area contributed by atoms with Crippen molar-refractivity contribution >= 4 is 15.9 Å². The van der Waals surface area contributed by atoms with E-state index in [9.17, 15) is 9.50 Å². The summed E-state index contributed by atoms with van der Waals surface area (Å²) in [5.41, 5.74) is 1.35. The lowest BCUT2D eigenvalue weighted by molar-refractivity contribution is 0.170. The second kappa shape index (κ2) is 4.97. The van der Waals surface area contributed by atoms with Crippen molar-refractivity contribution in [2.45, 2.75) is 18.9 Å². The first-order valence-electron chi connectivity index (χ1n) is 5.12. The molecule has 0 radical (unpaired) electrons. The fourth-order valence-electron chi connectivity index (χ4n) is 1.68. The highest BCUT2D eigenvalue weighted by atomic mass is 79.9. The van der Waals surface area contributed by atoms with Crippen LogP contribution in [0.15, 0.2) is 34.5 Å². The van der Waals surface area contributed by atoms with Crippen molar-refractivity contribution in [1.29, 1.82) is 0 Å². The van der Waals surface area contributed by atoms with Gasteiger partial charge in [-0.2, -0.15) is 0 Å². The van der Waals surface area contributed by atoms with Gasteiger partial charge >= 0.3 is 0 Å². The normalized spacial score (nSPS) is 17.6. The summed E-state index contributed by atoms with van der Waals surface area (Å²) >= 11 is 3.08. The SMILES string of the molecule is OC(C1=COCCC1)c1ccc(Br)c(F)c1. The van der Waals surface area contributed by atoms with Crippen molar-refractivity contribution in [2.75, 3.05) is 6.61 Å². The first kappa shape index (κ1) is 11.6. The summed E-state index contributed by atoms with van der Waals surface area (Å²) in [6.45, 7) is 0.685. The molecule has 2 nitrogen and oxygen atoms in total. The molecule has 0 bridgehead atoms. The van der Waals surface area contributed by atoms with Crippen molar-refractivity contribution in [1.82, 2.24) is 0 Å². The lowest BCUT2D eigenvalue weighted by atomic mass is 9.98. The Kier molecular flexibility index (Phi) is 3.61. The number of aliphatic hydroxyl groups is 1. The highest BCUT2D eigenvalue weighted by Crippen LogP contribution is 2.29. The smallest absolute Gasteiger partial charge is 0.137 e. The van der Waals surface area contributed by atoms with E-state index in [-0.39, 0.29) is 5.82 Å². The maximum absolute atomic E-state index is 13.3. The fraction of sp³-hybridized carbons (Fsp3) is 0.333. The van der Waals surface area contributed by atoms with E-state index in [2.05, 4.69) is 15.9 Å². The van der Waals surface area contributed by atoms with Gasteiger partial charge in [0, 0.05) is 0 Å². The van der Waals surface area contributed by atoms with E-state index in [1.54, 1.807) is 18.4 Å². The highest BCUT2D eigenvalue weighted by molar-refractivity contribution is 9.10. The molecule has 1 unspecified atom stereocenters. The number of rotatable bonds is 2. The van der Waals surface area contributed by atoms with Gasteiger partial charge < -0.3 is 9.84 Å². The van der Waals surface area contributed by atoms with Gasteiger partial charge in [0.2, 0.25) is 0 Å². The van der Waals surface area contributed by atoms with Crippen LogP contribution >= 0.6 is 15.9 Å². The molecule has 0 saturated heterocycles. The van der Waals surface area contributed by atoms with E-state index in [1.807, 2.05) is 0 Å². The third-order valence-electron chi connectivity index (χ3n) is 2.57. The standard InChI is InChI=1S/C12H12BrFO2/c13-10-4-3-8(6-11(10)14)12(15)9-2-1-5-16-7-9/h3-4,6-7,12,15H,1-2,5H2. The molecule has 2 rings (SSSR count). The minimum Gasteiger partial charge on any atom is -0.501 e. The van der Waals surface area contributed by atoms with Crippen LogP contribution in [-0.2, 0) is 4.74 Å². The Morgan fingerprint density at radius 1 is 1.44 bits per heavy atom. The molecule has 0 spiro atoms. The minimum atomic E-state index is -0.775.